The van der Waals surface area contributed by atoms with Crippen LogP contribution in [0.5, 0.6) is 0 Å². The number of ketones is 1. The van der Waals surface area contributed by atoms with Crippen molar-refractivity contribution in [3.05, 3.63) is 46.6 Å². The molecular formula is C48H82O6. The van der Waals surface area contributed by atoms with Crippen LogP contribution in [-0.2, 0) is 28.8 Å². The Morgan fingerprint density at radius 3 is 1.91 bits per heavy atom. The molecule has 0 N–H and O–H groups in total. The molecule has 0 saturated carbocycles. The van der Waals surface area contributed by atoms with Crippen molar-refractivity contribution in [2.45, 2.75) is 239 Å². The van der Waals surface area contributed by atoms with Gasteiger partial charge in [0.05, 0.1) is 12.7 Å². The van der Waals surface area contributed by atoms with Gasteiger partial charge in [0.25, 0.3) is 0 Å². The number of fused-ring (bicyclic) bond motifs is 1. The number of allylic oxidation sites excluding steroid dienone is 5. The number of carbonyl (C=O) groups is 2. The van der Waals surface area contributed by atoms with Gasteiger partial charge >= 0.3 is 5.97 Å². The van der Waals surface area contributed by atoms with Crippen molar-refractivity contribution in [3.8, 4) is 0 Å². The van der Waals surface area contributed by atoms with Crippen LogP contribution in [0.1, 0.15) is 221 Å². The summed E-state index contributed by atoms with van der Waals surface area (Å²) in [4.78, 5) is 37.5. The Labute approximate surface area is 332 Å². The maximum Gasteiger partial charge on any atom is 0.305 e. The topological polar surface area (TPSA) is 71.1 Å². The van der Waals surface area contributed by atoms with Crippen LogP contribution in [0, 0.1) is 0 Å². The number of methoxy groups -OCH3 is 1. The van der Waals surface area contributed by atoms with E-state index in [1.165, 1.54) is 90.6 Å². The minimum atomic E-state index is -1.17. The molecule has 3 atom stereocenters. The number of unbranched alkanes of at least 4 members (excludes halogenated alkanes) is 20. The van der Waals surface area contributed by atoms with E-state index >= 15 is 0 Å². The maximum absolute atomic E-state index is 13.3. The summed E-state index contributed by atoms with van der Waals surface area (Å²) >= 11 is 0. The molecule has 2 aliphatic rings. The molecule has 0 bridgehead atoms. The lowest BCUT2D eigenvalue weighted by atomic mass is 9.75. The molecule has 0 spiro atoms. The molecule has 0 aromatic carbocycles. The lowest BCUT2D eigenvalue weighted by Gasteiger charge is -2.50. The highest BCUT2D eigenvalue weighted by Crippen LogP contribution is 2.50. The van der Waals surface area contributed by atoms with Crippen LogP contribution in [0.25, 0.3) is 0 Å². The molecule has 1 aliphatic carbocycles. The van der Waals surface area contributed by atoms with Gasteiger partial charge in [-0.1, -0.05) is 167 Å². The summed E-state index contributed by atoms with van der Waals surface area (Å²) in [7, 11) is 1.45. The normalized spacial score (nSPS) is 21.1. The molecule has 0 aromatic rings. The second kappa shape index (κ2) is 28.4. The first-order valence-corrected chi connectivity index (χ1v) is 22.5. The number of hydrogen-bond donors (Lipinski definition) is 0. The predicted octanol–water partition coefficient (Wildman–Crippen LogP) is 14.3. The molecule has 6 nitrogen and oxygen atoms in total. The summed E-state index contributed by atoms with van der Waals surface area (Å²) in [5, 5.41) is 0. The van der Waals surface area contributed by atoms with Gasteiger partial charge in [0.1, 0.15) is 6.10 Å². The first-order valence-electron chi connectivity index (χ1n) is 22.5. The van der Waals surface area contributed by atoms with Crippen molar-refractivity contribution in [3.63, 3.8) is 0 Å². The second-order valence-corrected chi connectivity index (χ2v) is 16.6. The molecule has 310 valence electrons. The number of ether oxygens (including phenoxy) is 2. The first-order chi connectivity index (χ1) is 26.1. The SMILES string of the molecule is CCCCCCCCCCCCCCCC[C@]1(C)CCC2=C(C)C(=O)C(C)=C(C)[C@]2(OO[C@H](/C=C/C=C\CCCCCCCC(=O)OC)CCCCC)O1. The highest BCUT2D eigenvalue weighted by molar-refractivity contribution is 6.10. The number of esters is 1. The van der Waals surface area contributed by atoms with E-state index in [0.29, 0.717) is 12.0 Å². The molecule has 1 heterocycles. The Morgan fingerprint density at radius 2 is 1.30 bits per heavy atom. The van der Waals surface area contributed by atoms with Gasteiger partial charge in [-0.05, 0) is 78.2 Å². The molecule has 1 saturated heterocycles. The van der Waals surface area contributed by atoms with Crippen LogP contribution in [-0.4, -0.2) is 36.4 Å². The Hall–Kier alpha value is -2.02. The van der Waals surface area contributed by atoms with E-state index in [1.807, 2.05) is 20.8 Å². The van der Waals surface area contributed by atoms with E-state index < -0.39 is 5.79 Å². The van der Waals surface area contributed by atoms with E-state index in [-0.39, 0.29) is 23.5 Å². The third-order valence-corrected chi connectivity index (χ3v) is 11.9. The number of carbonyl (C=O) groups excluding carboxylic acids is 2. The molecule has 0 aromatic heterocycles. The summed E-state index contributed by atoms with van der Waals surface area (Å²) < 4.78 is 11.8. The zero-order valence-electron chi connectivity index (χ0n) is 36.1. The van der Waals surface area contributed by atoms with E-state index in [4.69, 9.17) is 19.2 Å². The fourth-order valence-corrected chi connectivity index (χ4v) is 8.01. The number of Topliss-reactive ketones (excluding diaryl/α,β-unsaturated/α-hetero) is 1. The van der Waals surface area contributed by atoms with Crippen LogP contribution in [0.3, 0.4) is 0 Å². The van der Waals surface area contributed by atoms with Crippen molar-refractivity contribution in [2.75, 3.05) is 7.11 Å². The fraction of sp³-hybridized carbons (Fsp3) is 0.792. The average Bonchev–Trinajstić information content (AvgIpc) is 3.17. The smallest absolute Gasteiger partial charge is 0.305 e. The van der Waals surface area contributed by atoms with Crippen molar-refractivity contribution < 1.29 is 28.8 Å². The van der Waals surface area contributed by atoms with E-state index in [2.05, 4.69) is 45.1 Å². The molecule has 1 aliphatic heterocycles. The third kappa shape index (κ3) is 17.8. The van der Waals surface area contributed by atoms with Crippen molar-refractivity contribution in [1.29, 1.82) is 0 Å². The highest BCUT2D eigenvalue weighted by atomic mass is 17.2. The molecule has 0 radical (unpaired) electrons. The average molecular weight is 755 g/mol. The van der Waals surface area contributed by atoms with Crippen LogP contribution in [0.15, 0.2) is 46.6 Å². The Bertz CT molecular complexity index is 1180. The molecule has 54 heavy (non-hydrogen) atoms. The standard InChI is InChI=1S/C48H82O6/c1-8-10-12-13-14-15-16-17-18-19-23-26-29-33-38-47(6)39-37-44-41(4)46(50)40(3)42(5)48(44,53-47)54-52-43(34-30-11-9-2)35-31-27-24-21-20-22-25-28-32-36-45(49)51-7/h24,27,31,35,43H,8-23,25-26,28-30,32-34,36-39H2,1-7H3/b27-24-,35-31+/t43-,47+,48+/m0/s1. The van der Waals surface area contributed by atoms with Gasteiger partial charge in [-0.25, -0.2) is 4.89 Å². The minimum absolute atomic E-state index is 0.0895. The van der Waals surface area contributed by atoms with Crippen molar-refractivity contribution >= 4 is 11.8 Å². The molecule has 1 fully saturated rings. The predicted molar refractivity (Wildman–Crippen MR) is 225 cm³/mol. The Balaban J connectivity index is 1.92. The van der Waals surface area contributed by atoms with Gasteiger partial charge in [-0.3, -0.25) is 9.59 Å². The lowest BCUT2D eigenvalue weighted by Crippen LogP contribution is -2.54. The zero-order chi connectivity index (χ0) is 39.5. The third-order valence-electron chi connectivity index (χ3n) is 11.9. The summed E-state index contributed by atoms with van der Waals surface area (Å²) in [6, 6.07) is 0. The van der Waals surface area contributed by atoms with Crippen LogP contribution in [0.2, 0.25) is 0 Å². The lowest BCUT2D eigenvalue weighted by molar-refractivity contribution is -0.436. The largest absolute Gasteiger partial charge is 0.469 e. The molecule has 0 amide bonds. The zero-order valence-corrected chi connectivity index (χ0v) is 36.1. The Morgan fingerprint density at radius 1 is 0.741 bits per heavy atom. The summed E-state index contributed by atoms with van der Waals surface area (Å²) in [5.41, 5.74) is 2.83. The number of rotatable bonds is 32. The fourth-order valence-electron chi connectivity index (χ4n) is 8.01. The highest BCUT2D eigenvalue weighted by Gasteiger charge is 2.54. The van der Waals surface area contributed by atoms with Gasteiger partial charge < -0.3 is 9.47 Å². The van der Waals surface area contributed by atoms with Crippen LogP contribution < -0.4 is 0 Å². The van der Waals surface area contributed by atoms with E-state index in [1.54, 1.807) is 0 Å². The van der Waals surface area contributed by atoms with Gasteiger partial charge in [0, 0.05) is 23.1 Å². The van der Waals surface area contributed by atoms with Crippen molar-refractivity contribution in [2.24, 2.45) is 0 Å². The minimum Gasteiger partial charge on any atom is -0.469 e. The van der Waals surface area contributed by atoms with E-state index in [9.17, 15) is 9.59 Å². The summed E-state index contributed by atoms with van der Waals surface area (Å²) in [6.07, 6.45) is 40.9. The molecular weight excluding hydrogens is 673 g/mol. The van der Waals surface area contributed by atoms with Crippen LogP contribution in [0.4, 0.5) is 0 Å². The second-order valence-electron chi connectivity index (χ2n) is 16.6. The van der Waals surface area contributed by atoms with Gasteiger partial charge in [0.15, 0.2) is 5.78 Å². The maximum atomic E-state index is 13.3. The monoisotopic (exact) mass is 755 g/mol. The van der Waals surface area contributed by atoms with Crippen LogP contribution >= 0.6 is 0 Å². The molecule has 2 rings (SSSR count). The molecule has 6 heteroatoms. The van der Waals surface area contributed by atoms with E-state index in [0.717, 1.165) is 107 Å². The first kappa shape index (κ1) is 48.1. The molecule has 0 unspecified atom stereocenters. The quantitative estimate of drug-likeness (QED) is 0.0224. The van der Waals surface area contributed by atoms with Gasteiger partial charge in [-0.2, -0.15) is 4.89 Å². The van der Waals surface area contributed by atoms with Crippen molar-refractivity contribution in [1.82, 2.24) is 0 Å². The van der Waals surface area contributed by atoms with Gasteiger partial charge in [0.2, 0.25) is 5.79 Å². The summed E-state index contributed by atoms with van der Waals surface area (Å²) in [5.74, 6) is -1.20. The van der Waals surface area contributed by atoms with Gasteiger partial charge in [-0.15, -0.1) is 0 Å². The summed E-state index contributed by atoms with van der Waals surface area (Å²) in [6.45, 7) is 12.6. The number of hydrogen-bond acceptors (Lipinski definition) is 6. The Kier molecular flexibility index (Phi) is 25.3.